The summed E-state index contributed by atoms with van der Waals surface area (Å²) in [5, 5.41) is 1.15. The number of allylic oxidation sites excluding steroid dienone is 2. The summed E-state index contributed by atoms with van der Waals surface area (Å²) < 4.78 is 1.05. The van der Waals surface area contributed by atoms with E-state index in [4.69, 9.17) is 4.98 Å². The first-order valence-corrected chi connectivity index (χ1v) is 12.7. The largest absolute Gasteiger partial charge is 0.294 e. The lowest BCUT2D eigenvalue weighted by Gasteiger charge is -2.34. The number of hydrogen-bond acceptors (Lipinski definition) is 2. The third-order valence-electron chi connectivity index (χ3n) is 7.09. The Bertz CT molecular complexity index is 922. The normalized spacial score (nSPS) is 23.2. The topological polar surface area (TPSA) is 30.0 Å². The maximum atomic E-state index is 13.3. The van der Waals surface area contributed by atoms with Crippen LogP contribution < -0.4 is 0 Å². The second kappa shape index (κ2) is 9.77. The fraction of sp³-hybridized carbons (Fsp3) is 0.556. The maximum absolute atomic E-state index is 13.3. The van der Waals surface area contributed by atoms with Gasteiger partial charge in [-0.1, -0.05) is 67.6 Å². The van der Waals surface area contributed by atoms with Gasteiger partial charge in [-0.25, -0.2) is 0 Å². The van der Waals surface area contributed by atoms with Gasteiger partial charge in [0.1, 0.15) is 0 Å². The summed E-state index contributed by atoms with van der Waals surface area (Å²) in [6, 6.07) is 6.30. The summed E-state index contributed by atoms with van der Waals surface area (Å²) in [7, 11) is 0. The van der Waals surface area contributed by atoms with Crippen LogP contribution in [-0.4, -0.2) is 10.8 Å². The quantitative estimate of drug-likeness (QED) is 0.288. The Morgan fingerprint density at radius 3 is 2.60 bits per heavy atom. The van der Waals surface area contributed by atoms with Gasteiger partial charge < -0.3 is 0 Å². The minimum Gasteiger partial charge on any atom is -0.294 e. The lowest BCUT2D eigenvalue weighted by molar-refractivity contribution is 0.0965. The van der Waals surface area contributed by atoms with Gasteiger partial charge in [0.2, 0.25) is 0 Å². The van der Waals surface area contributed by atoms with E-state index < -0.39 is 0 Å². The molecule has 2 aliphatic rings. The molecular formula is C27H34BrNO. The highest BCUT2D eigenvalue weighted by Gasteiger charge is 2.36. The van der Waals surface area contributed by atoms with E-state index in [1.54, 1.807) is 0 Å². The molecule has 0 radical (unpaired) electrons. The summed E-state index contributed by atoms with van der Waals surface area (Å²) in [4.78, 5) is 18.0. The van der Waals surface area contributed by atoms with Gasteiger partial charge >= 0.3 is 0 Å². The summed E-state index contributed by atoms with van der Waals surface area (Å²) in [6.07, 6.45) is 17.5. The van der Waals surface area contributed by atoms with Gasteiger partial charge in [0, 0.05) is 33.5 Å². The van der Waals surface area contributed by atoms with Crippen LogP contribution in [0.5, 0.6) is 0 Å². The predicted molar refractivity (Wildman–Crippen MR) is 129 cm³/mol. The van der Waals surface area contributed by atoms with Crippen molar-refractivity contribution in [2.75, 3.05) is 0 Å². The maximum Gasteiger partial charge on any atom is 0.167 e. The number of halogens is 1. The van der Waals surface area contributed by atoms with Crippen molar-refractivity contribution >= 4 is 32.6 Å². The highest BCUT2D eigenvalue weighted by Crippen LogP contribution is 2.45. The molecule has 2 aromatic rings. The summed E-state index contributed by atoms with van der Waals surface area (Å²) in [6.45, 7) is 4.50. The van der Waals surface area contributed by atoms with Crippen molar-refractivity contribution in [3.05, 3.63) is 52.1 Å². The number of carbonyl (C=O) groups is 1. The number of fused-ring (bicyclic) bond motifs is 1. The molecule has 0 amide bonds. The van der Waals surface area contributed by atoms with E-state index >= 15 is 0 Å². The average Bonchev–Trinajstić information content (AvgIpc) is 3.60. The van der Waals surface area contributed by atoms with Crippen LogP contribution in [0.15, 0.2) is 41.0 Å². The third-order valence-corrected chi connectivity index (χ3v) is 7.59. The van der Waals surface area contributed by atoms with Gasteiger partial charge in [0.05, 0.1) is 5.52 Å². The predicted octanol–water partition coefficient (Wildman–Crippen LogP) is 8.25. The van der Waals surface area contributed by atoms with Crippen LogP contribution in [-0.2, 0) is 0 Å². The molecule has 1 heterocycles. The van der Waals surface area contributed by atoms with Gasteiger partial charge in [-0.05, 0) is 67.7 Å². The van der Waals surface area contributed by atoms with Crippen molar-refractivity contribution in [2.24, 2.45) is 17.8 Å². The first-order valence-electron chi connectivity index (χ1n) is 11.9. The van der Waals surface area contributed by atoms with Gasteiger partial charge in [-0.2, -0.15) is 0 Å². The molecule has 2 aliphatic carbocycles. The molecule has 3 heteroatoms. The van der Waals surface area contributed by atoms with Crippen LogP contribution in [0.3, 0.4) is 0 Å². The number of nitrogens with zero attached hydrogens (tertiary/aromatic N) is 1. The van der Waals surface area contributed by atoms with Crippen LogP contribution in [0.1, 0.15) is 93.5 Å². The first kappa shape index (κ1) is 21.7. The number of hydrogen-bond donors (Lipinski definition) is 0. The monoisotopic (exact) mass is 467 g/mol. The Hall–Kier alpha value is -1.48. The molecule has 0 saturated heterocycles. The fourth-order valence-electron chi connectivity index (χ4n) is 5.32. The van der Waals surface area contributed by atoms with E-state index in [-0.39, 0.29) is 5.92 Å². The summed E-state index contributed by atoms with van der Waals surface area (Å²) >= 11 is 3.66. The smallest absolute Gasteiger partial charge is 0.167 e. The van der Waals surface area contributed by atoms with Gasteiger partial charge in [-0.15, -0.1) is 0 Å². The Morgan fingerprint density at radius 1 is 1.17 bits per heavy atom. The lowest BCUT2D eigenvalue weighted by Crippen LogP contribution is -2.22. The number of benzene rings is 1. The minimum atomic E-state index is 0.214. The third kappa shape index (κ3) is 4.72. The molecule has 1 unspecified atom stereocenters. The van der Waals surface area contributed by atoms with Crippen LogP contribution in [0.2, 0.25) is 0 Å². The molecular weight excluding hydrogens is 434 g/mol. The van der Waals surface area contributed by atoms with Crippen molar-refractivity contribution in [3.8, 4) is 0 Å². The molecule has 0 aliphatic heterocycles. The highest BCUT2D eigenvalue weighted by molar-refractivity contribution is 9.10. The number of rotatable bonds is 8. The van der Waals surface area contributed by atoms with Crippen molar-refractivity contribution in [2.45, 2.75) is 77.6 Å². The average molecular weight is 468 g/mol. The standard InChI is InChI=1S/C27H34BrNO/c1-3-5-7-22(19-10-8-18(6-4-2)9-11-19)26-23-16-21(28)14-15-25(23)29-17-24(26)27(30)20-12-13-20/h5,7,14-20,22H,3-4,6,8-13H2,1-2H3. The lowest BCUT2D eigenvalue weighted by atomic mass is 9.71. The van der Waals surface area contributed by atoms with Crippen LogP contribution in [0.4, 0.5) is 0 Å². The van der Waals surface area contributed by atoms with Crippen molar-refractivity contribution < 1.29 is 4.79 Å². The van der Waals surface area contributed by atoms with E-state index in [2.05, 4.69) is 54.1 Å². The van der Waals surface area contributed by atoms with E-state index in [1.807, 2.05) is 12.3 Å². The molecule has 0 spiro atoms. The zero-order valence-electron chi connectivity index (χ0n) is 18.4. The van der Waals surface area contributed by atoms with Gasteiger partial charge in [-0.3, -0.25) is 9.78 Å². The fourth-order valence-corrected chi connectivity index (χ4v) is 5.68. The van der Waals surface area contributed by atoms with Crippen LogP contribution in [0.25, 0.3) is 10.9 Å². The van der Waals surface area contributed by atoms with Gasteiger partial charge in [0.15, 0.2) is 5.78 Å². The Balaban J connectivity index is 1.79. The molecule has 2 fully saturated rings. The molecule has 0 N–H and O–H groups in total. The van der Waals surface area contributed by atoms with Crippen LogP contribution in [0, 0.1) is 17.8 Å². The second-order valence-corrected chi connectivity index (χ2v) is 10.2. The molecule has 2 saturated carbocycles. The van der Waals surface area contributed by atoms with Crippen molar-refractivity contribution in [3.63, 3.8) is 0 Å². The Morgan fingerprint density at radius 2 is 1.93 bits per heavy atom. The van der Waals surface area contributed by atoms with Gasteiger partial charge in [0.25, 0.3) is 0 Å². The molecule has 1 aromatic carbocycles. The van der Waals surface area contributed by atoms with Crippen molar-refractivity contribution in [1.29, 1.82) is 0 Å². The number of pyridine rings is 1. The molecule has 1 atom stereocenters. The molecule has 0 bridgehead atoms. The summed E-state index contributed by atoms with van der Waals surface area (Å²) in [5.74, 6) is 2.32. The number of Topliss-reactive ketones (excluding diaryl/α,β-unsaturated/α-hetero) is 1. The van der Waals surface area contributed by atoms with E-state index in [9.17, 15) is 4.79 Å². The highest BCUT2D eigenvalue weighted by atomic mass is 79.9. The summed E-state index contributed by atoms with van der Waals surface area (Å²) in [5.41, 5.74) is 3.11. The number of aromatic nitrogens is 1. The van der Waals surface area contributed by atoms with E-state index in [1.165, 1.54) is 44.1 Å². The van der Waals surface area contributed by atoms with E-state index in [0.29, 0.717) is 17.6 Å². The zero-order chi connectivity index (χ0) is 21.1. The SMILES string of the molecule is CCC=CC(c1c(C(=O)C2CC2)cnc2ccc(Br)cc12)C1CCC(CCC)CC1. The second-order valence-electron chi connectivity index (χ2n) is 9.32. The molecule has 4 rings (SSSR count). The van der Waals surface area contributed by atoms with Crippen LogP contribution >= 0.6 is 15.9 Å². The number of carbonyl (C=O) groups excluding carboxylic acids is 1. The molecule has 1 aromatic heterocycles. The number of ketones is 1. The first-order chi connectivity index (χ1) is 14.6. The van der Waals surface area contributed by atoms with E-state index in [0.717, 1.165) is 46.1 Å². The molecule has 160 valence electrons. The molecule has 2 nitrogen and oxygen atoms in total. The Kier molecular flexibility index (Phi) is 7.08. The Labute approximate surface area is 189 Å². The zero-order valence-corrected chi connectivity index (χ0v) is 20.0. The molecule has 30 heavy (non-hydrogen) atoms. The van der Waals surface area contributed by atoms with Crippen molar-refractivity contribution in [1.82, 2.24) is 4.98 Å². The minimum absolute atomic E-state index is 0.214.